The SMILES string of the molecule is CN1CCC(C)(CNCC(=O)OC(C)(C)C)CC1. The molecule has 0 radical (unpaired) electrons. The molecule has 0 aliphatic carbocycles. The molecular formula is C14H28N2O2. The number of ether oxygens (including phenoxy) is 1. The van der Waals surface area contributed by atoms with Gasteiger partial charge in [0.25, 0.3) is 0 Å². The quantitative estimate of drug-likeness (QED) is 0.777. The van der Waals surface area contributed by atoms with Crippen molar-refractivity contribution in [2.24, 2.45) is 5.41 Å². The van der Waals surface area contributed by atoms with E-state index in [9.17, 15) is 4.79 Å². The molecule has 1 N–H and O–H groups in total. The Hall–Kier alpha value is -0.610. The second kappa shape index (κ2) is 6.02. The summed E-state index contributed by atoms with van der Waals surface area (Å²) in [6.45, 7) is 11.5. The van der Waals surface area contributed by atoms with E-state index in [4.69, 9.17) is 4.74 Å². The summed E-state index contributed by atoms with van der Waals surface area (Å²) in [5.74, 6) is -0.168. The topological polar surface area (TPSA) is 41.6 Å². The second-order valence-corrected chi connectivity index (χ2v) is 6.80. The van der Waals surface area contributed by atoms with Crippen molar-refractivity contribution >= 4 is 5.97 Å². The van der Waals surface area contributed by atoms with Crippen LogP contribution in [0.5, 0.6) is 0 Å². The van der Waals surface area contributed by atoms with Crippen LogP contribution < -0.4 is 5.32 Å². The molecule has 0 unspecified atom stereocenters. The maximum Gasteiger partial charge on any atom is 0.320 e. The molecule has 0 aromatic rings. The van der Waals surface area contributed by atoms with E-state index in [1.54, 1.807) is 0 Å². The summed E-state index contributed by atoms with van der Waals surface area (Å²) in [4.78, 5) is 13.9. The number of nitrogens with one attached hydrogen (secondary N) is 1. The zero-order valence-electron chi connectivity index (χ0n) is 12.5. The Morgan fingerprint density at radius 3 is 2.39 bits per heavy atom. The van der Waals surface area contributed by atoms with Crippen LogP contribution in [0.15, 0.2) is 0 Å². The Morgan fingerprint density at radius 2 is 1.89 bits per heavy atom. The zero-order chi connectivity index (χ0) is 13.8. The molecular weight excluding hydrogens is 228 g/mol. The van der Waals surface area contributed by atoms with Gasteiger partial charge in [0.2, 0.25) is 0 Å². The molecule has 0 aromatic carbocycles. The largest absolute Gasteiger partial charge is 0.459 e. The van der Waals surface area contributed by atoms with E-state index < -0.39 is 5.60 Å². The maximum absolute atomic E-state index is 11.6. The highest BCUT2D eigenvalue weighted by molar-refractivity contribution is 5.72. The smallest absolute Gasteiger partial charge is 0.320 e. The minimum absolute atomic E-state index is 0.168. The maximum atomic E-state index is 11.6. The van der Waals surface area contributed by atoms with Gasteiger partial charge in [-0.25, -0.2) is 0 Å². The third-order valence-electron chi connectivity index (χ3n) is 3.44. The van der Waals surface area contributed by atoms with Crippen molar-refractivity contribution in [2.45, 2.75) is 46.1 Å². The molecule has 1 aliphatic heterocycles. The molecule has 18 heavy (non-hydrogen) atoms. The van der Waals surface area contributed by atoms with Crippen LogP contribution in [-0.2, 0) is 9.53 Å². The van der Waals surface area contributed by atoms with Crippen molar-refractivity contribution in [1.82, 2.24) is 10.2 Å². The summed E-state index contributed by atoms with van der Waals surface area (Å²) in [6.07, 6.45) is 2.37. The van der Waals surface area contributed by atoms with Gasteiger partial charge in [-0.1, -0.05) is 6.92 Å². The monoisotopic (exact) mass is 256 g/mol. The van der Waals surface area contributed by atoms with Gasteiger partial charge >= 0.3 is 5.97 Å². The fraction of sp³-hybridized carbons (Fsp3) is 0.929. The molecule has 1 heterocycles. The van der Waals surface area contributed by atoms with Gasteiger partial charge in [0.1, 0.15) is 5.60 Å². The molecule has 1 saturated heterocycles. The Morgan fingerprint density at radius 1 is 1.33 bits per heavy atom. The summed E-state index contributed by atoms with van der Waals surface area (Å²) < 4.78 is 5.27. The lowest BCUT2D eigenvalue weighted by atomic mass is 9.80. The molecule has 0 bridgehead atoms. The molecule has 0 spiro atoms. The number of likely N-dealkylation sites (tertiary alicyclic amines) is 1. The van der Waals surface area contributed by atoms with Crippen molar-refractivity contribution in [2.75, 3.05) is 33.2 Å². The standard InChI is InChI=1S/C14H28N2O2/c1-13(2,3)18-12(17)10-15-11-14(4)6-8-16(5)9-7-14/h15H,6-11H2,1-5H3. The molecule has 0 saturated carbocycles. The highest BCUT2D eigenvalue weighted by Crippen LogP contribution is 2.29. The first-order valence-corrected chi connectivity index (χ1v) is 6.81. The van der Waals surface area contributed by atoms with Crippen LogP contribution in [0.3, 0.4) is 0 Å². The number of piperidine rings is 1. The van der Waals surface area contributed by atoms with E-state index in [2.05, 4.69) is 24.2 Å². The zero-order valence-corrected chi connectivity index (χ0v) is 12.5. The minimum atomic E-state index is -0.393. The number of hydrogen-bond acceptors (Lipinski definition) is 4. The van der Waals surface area contributed by atoms with Gasteiger partial charge in [-0.05, 0) is 59.2 Å². The average molecular weight is 256 g/mol. The van der Waals surface area contributed by atoms with Crippen LogP contribution in [0.2, 0.25) is 0 Å². The number of carbonyl (C=O) groups excluding carboxylic acids is 1. The molecule has 106 valence electrons. The van der Waals surface area contributed by atoms with Crippen molar-refractivity contribution in [1.29, 1.82) is 0 Å². The van der Waals surface area contributed by atoms with Crippen LogP contribution in [0, 0.1) is 5.41 Å². The number of esters is 1. The Balaban J connectivity index is 2.23. The van der Waals surface area contributed by atoms with Gasteiger partial charge in [0, 0.05) is 6.54 Å². The molecule has 0 aromatic heterocycles. The Bertz CT molecular complexity index is 276. The van der Waals surface area contributed by atoms with Gasteiger partial charge in [-0.2, -0.15) is 0 Å². The molecule has 0 amide bonds. The summed E-state index contributed by atoms with van der Waals surface area (Å²) in [5.41, 5.74) is -0.0786. The molecule has 0 atom stereocenters. The van der Waals surface area contributed by atoms with Crippen molar-refractivity contribution in [3.8, 4) is 0 Å². The number of carbonyl (C=O) groups is 1. The third-order valence-corrected chi connectivity index (χ3v) is 3.44. The lowest BCUT2D eigenvalue weighted by Gasteiger charge is -2.38. The normalized spacial score (nSPS) is 20.7. The minimum Gasteiger partial charge on any atom is -0.459 e. The number of rotatable bonds is 4. The van der Waals surface area contributed by atoms with Gasteiger partial charge < -0.3 is 15.0 Å². The van der Waals surface area contributed by atoms with Gasteiger partial charge in [-0.15, -0.1) is 0 Å². The van der Waals surface area contributed by atoms with E-state index >= 15 is 0 Å². The first-order valence-electron chi connectivity index (χ1n) is 6.81. The molecule has 1 fully saturated rings. The van der Waals surface area contributed by atoms with E-state index in [-0.39, 0.29) is 5.97 Å². The lowest BCUT2D eigenvalue weighted by molar-refractivity contribution is -0.153. The second-order valence-electron chi connectivity index (χ2n) is 6.80. The van der Waals surface area contributed by atoms with Crippen LogP contribution in [-0.4, -0.2) is 49.7 Å². The summed E-state index contributed by atoms with van der Waals surface area (Å²) >= 11 is 0. The van der Waals surface area contributed by atoms with Crippen molar-refractivity contribution < 1.29 is 9.53 Å². The fourth-order valence-corrected chi connectivity index (χ4v) is 2.18. The summed E-state index contributed by atoms with van der Waals surface area (Å²) in [5, 5.41) is 3.24. The van der Waals surface area contributed by atoms with Crippen LogP contribution in [0.1, 0.15) is 40.5 Å². The van der Waals surface area contributed by atoms with Gasteiger partial charge in [0.05, 0.1) is 6.54 Å². The van der Waals surface area contributed by atoms with Crippen LogP contribution >= 0.6 is 0 Å². The predicted molar refractivity (Wildman–Crippen MR) is 73.6 cm³/mol. The molecule has 4 heteroatoms. The highest BCUT2D eigenvalue weighted by atomic mass is 16.6. The molecule has 1 rings (SSSR count). The van der Waals surface area contributed by atoms with Crippen LogP contribution in [0.4, 0.5) is 0 Å². The Kier molecular flexibility index (Phi) is 5.17. The average Bonchev–Trinajstić information content (AvgIpc) is 2.20. The summed E-state index contributed by atoms with van der Waals surface area (Å²) in [7, 11) is 2.16. The van der Waals surface area contributed by atoms with Gasteiger partial charge in [-0.3, -0.25) is 4.79 Å². The van der Waals surface area contributed by atoms with E-state index in [0.717, 1.165) is 19.6 Å². The molecule has 1 aliphatic rings. The van der Waals surface area contributed by atoms with Crippen molar-refractivity contribution in [3.05, 3.63) is 0 Å². The first kappa shape index (κ1) is 15.4. The fourth-order valence-electron chi connectivity index (χ4n) is 2.18. The number of nitrogens with zero attached hydrogens (tertiary/aromatic N) is 1. The lowest BCUT2D eigenvalue weighted by Crippen LogP contribution is -2.43. The highest BCUT2D eigenvalue weighted by Gasteiger charge is 2.28. The third kappa shape index (κ3) is 5.83. The van der Waals surface area contributed by atoms with Crippen molar-refractivity contribution in [3.63, 3.8) is 0 Å². The van der Waals surface area contributed by atoms with Gasteiger partial charge in [0.15, 0.2) is 0 Å². The Labute approximate surface area is 111 Å². The summed E-state index contributed by atoms with van der Waals surface area (Å²) in [6, 6.07) is 0. The van der Waals surface area contributed by atoms with E-state index in [1.165, 1.54) is 12.8 Å². The number of hydrogen-bond donors (Lipinski definition) is 1. The van der Waals surface area contributed by atoms with E-state index in [0.29, 0.717) is 12.0 Å². The predicted octanol–water partition coefficient (Wildman–Crippen LogP) is 1.65. The van der Waals surface area contributed by atoms with Crippen LogP contribution in [0.25, 0.3) is 0 Å². The first-order chi connectivity index (χ1) is 8.20. The van der Waals surface area contributed by atoms with E-state index in [1.807, 2.05) is 20.8 Å². The molecule has 4 nitrogen and oxygen atoms in total.